The summed E-state index contributed by atoms with van der Waals surface area (Å²) in [4.78, 5) is 163. The quantitative estimate of drug-likeness (QED) is 0.0435. The molecule has 143 heavy (non-hydrogen) atoms. The molecule has 6 amide bonds. The molecular formula is C101H130N36O6. The van der Waals surface area contributed by atoms with Gasteiger partial charge in [-0.25, -0.2) is 99.2 Å². The number of rotatable bonds is 18. The molecule has 0 aliphatic carbocycles. The Morgan fingerprint density at radius 3 is 1.03 bits per heavy atom. The molecule has 12 atom stereocenters. The number of carbonyl (C=O) groups excluding carboxylic acids is 6. The second-order valence-corrected chi connectivity index (χ2v) is 32.2. The van der Waals surface area contributed by atoms with Crippen LogP contribution in [0.2, 0.25) is 0 Å². The molecule has 6 aliphatic heterocycles. The maximum absolute atomic E-state index is 12.8. The lowest BCUT2D eigenvalue weighted by molar-refractivity contribution is -0.131. The lowest BCUT2D eigenvalue weighted by Crippen LogP contribution is -2.53. The van der Waals surface area contributed by atoms with Gasteiger partial charge >= 0.3 is 35.4 Å². The highest BCUT2D eigenvalue weighted by molar-refractivity contribution is 5.93. The monoisotopic (exact) mass is 2000 g/mol. The molecule has 18 rings (SSSR count). The number of carbonyl (C=O) groups is 6. The highest BCUT2D eigenvalue weighted by Gasteiger charge is 2.41. The number of H-pyrrole nitrogens is 6. The Bertz CT molecular complexity index is 9850. The standard InChI is InChI=1S/5C17H22N6O.C16H20N6O/c5*1-11-5-6-23(15(24)8-18-3)9-14(11)22(4)17-13-7-12(2)21-16(13)19-10-20-17;1-11-5-7-22(14(23)8-17-2)9-13(11)21(3)16-12-4-6-18-15(12)19-10-20-16/h5*7,10-11,14H,5-6,8-9H2,1-2,4H3,(H,19,20,21);4,6,10-11,13H,5,7-9H2,1,3H3,(H,18,19,20)/t5*11-,14+;11-,13+/m111111/s1/i1D3,4D3,7D,8D2,10D,11D,14D;4D3,7D,8D2,10D,11D,14D;1D3,4D3,7D,8D2,10D,14D;1D3,4D3,7D,8D2,10D,11D;4D3,7D,8D2,10D,14D;5D2,7D2,8D2,9D2,10D. The van der Waals surface area contributed by atoms with Crippen LogP contribution in [-0.2, 0) is 28.8 Å². The zero-order chi connectivity index (χ0) is 155. The van der Waals surface area contributed by atoms with Gasteiger partial charge in [0.15, 0.2) is 0 Å². The van der Waals surface area contributed by atoms with Gasteiger partial charge in [-0.2, -0.15) is 0 Å². The summed E-state index contributed by atoms with van der Waals surface area (Å²) < 4.78 is 489. The first kappa shape index (κ1) is 51.1. The van der Waals surface area contributed by atoms with Crippen molar-refractivity contribution in [3.8, 4) is 0 Å². The van der Waals surface area contributed by atoms with Crippen molar-refractivity contribution in [3.05, 3.63) is 177 Å². The van der Waals surface area contributed by atoms with Crippen molar-refractivity contribution in [3.63, 3.8) is 0 Å². The summed E-state index contributed by atoms with van der Waals surface area (Å²) in [6.45, 7) is -1.03. The van der Waals surface area contributed by atoms with Crippen molar-refractivity contribution >= 4 is 137 Å². The van der Waals surface area contributed by atoms with Gasteiger partial charge < -0.3 is 118 Å². The maximum atomic E-state index is 12.8. The van der Waals surface area contributed by atoms with Crippen LogP contribution in [0.4, 0.5) is 34.9 Å². The van der Waals surface area contributed by atoms with E-state index in [2.05, 4.69) is 119 Å². The van der Waals surface area contributed by atoms with Gasteiger partial charge in [-0.15, -0.1) is 0 Å². The molecular weight excluding hydrogens is 1810 g/mol. The SMILES string of the molecule is [2H]c1nc(N(C([2H])([2H])[2H])[C@@]2([2H])CN(C(=O)C([2H])([2H])[N+]#[C-])CC[C@@]2([2H])C([2H])([2H])[2H])c2c([2H])c(C)[nH]c2n1.[2H]c1nc(N(C([2H])([2H])[2H])[C@@]2([2H])CN(C(=O)C([2H])([2H])[N+]#[C-])CC[C@@]2([2H])C)c2c([2H])c(C)[nH]c2n1.[2H]c1nc(N(C([2H])([2H])[2H])[C@@]2([2H])CN(C(=O)C([2H])([2H])[N+]#[C-])CC[C@H]2C([2H])([2H])[2H])c2c([2H])c(C)[nH]c2n1.[2H]c1nc(N(C([2H])([2H])[2H])[C@@]2([2H])CN(C(=O)C([2H])([2H])[N+]#[C-])CC[C@H]2C)c2c([2H])c(C)[nH]c2n1.[2H]c1nc(N(C)[C@@H]2[C@H](C)C([2H])([2H])C([2H])([2H])N(C(=O)C([2H])([2H])[N+]#[C-])C2([2H])[2H])c2cc[nH]c2n1.[2H]c1nc(N([C@H]2CN(C(=O)C([2H])([2H])[N+]#[C-])CC[C@@]2([2H])C([2H])([2H])[2H])C([2H])([2H])[2H])c2c([2H])c(C)[nH]c2n1. The van der Waals surface area contributed by atoms with Gasteiger partial charge in [0, 0.05) is 198 Å². The number of likely N-dealkylation sites (N-methyl/N-ethyl adjacent to an activating group) is 6. The summed E-state index contributed by atoms with van der Waals surface area (Å²) in [7, 11) is 1.36. The van der Waals surface area contributed by atoms with Crippen molar-refractivity contribution in [2.24, 2.45) is 35.4 Å². The van der Waals surface area contributed by atoms with Crippen LogP contribution < -0.4 is 29.4 Å². The first-order chi connectivity index (χ1) is 92.0. The van der Waals surface area contributed by atoms with E-state index >= 15 is 0 Å². The second-order valence-electron chi connectivity index (χ2n) is 32.2. The molecule has 0 spiro atoms. The van der Waals surface area contributed by atoms with E-state index < -0.39 is 347 Å². The van der Waals surface area contributed by atoms with Crippen LogP contribution >= 0.6 is 0 Å². The number of piperidine rings is 6. The van der Waals surface area contributed by atoms with Crippen LogP contribution in [-0.4, -0.2) is 350 Å². The highest BCUT2D eigenvalue weighted by Crippen LogP contribution is 2.38. The number of nitrogens with one attached hydrogen (secondary N) is 6. The van der Waals surface area contributed by atoms with E-state index in [1.54, 1.807) is 26.8 Å². The Morgan fingerprint density at radius 2 is 0.671 bits per heavy atom. The van der Waals surface area contributed by atoms with Gasteiger partial charge in [0.25, 0.3) is 39.0 Å². The minimum atomic E-state index is -3.38. The number of aromatic nitrogens is 18. The van der Waals surface area contributed by atoms with Crippen LogP contribution in [0.5, 0.6) is 0 Å². The largest absolute Gasteiger partial charge is 0.354 e. The van der Waals surface area contributed by atoms with E-state index in [1.165, 1.54) is 52.8 Å². The Labute approximate surface area is 917 Å². The fourth-order valence-electron chi connectivity index (χ4n) is 15.5. The number of aromatic amines is 6. The average Bonchev–Trinajstić information content (AvgIpc) is 1.19. The molecule has 6 aliphatic rings. The lowest BCUT2D eigenvalue weighted by atomic mass is 9.92. The first-order valence-electron chi connectivity index (χ1n) is 72.9. The number of hydrogen-bond donors (Lipinski definition) is 6. The first-order valence-corrected chi connectivity index (χ1v) is 42.9. The van der Waals surface area contributed by atoms with Gasteiger partial charge in [0.05, 0.1) is 83.6 Å². The lowest BCUT2D eigenvalue weighted by Gasteiger charge is -2.41. The topological polar surface area (TPSA) is 417 Å². The molecule has 12 aromatic heterocycles. The molecule has 0 saturated carbocycles. The van der Waals surface area contributed by atoms with Gasteiger partial charge in [-0.05, 0) is 145 Å². The Morgan fingerprint density at radius 1 is 0.371 bits per heavy atom. The number of likely N-dealkylation sites (tertiary alicyclic amines) is 6. The smallest absolute Gasteiger partial charge is 0.302 e. The minimum absolute atomic E-state index is 0.0186. The predicted molar refractivity (Wildman–Crippen MR) is 551 cm³/mol. The third-order valence-electron chi connectivity index (χ3n) is 22.8. The molecule has 42 heteroatoms. The molecule has 42 nitrogen and oxygen atoms in total. The van der Waals surface area contributed by atoms with Crippen LogP contribution in [0.15, 0.2) is 80.3 Å². The van der Waals surface area contributed by atoms with E-state index in [9.17, 15) is 32.9 Å². The summed E-state index contributed by atoms with van der Waals surface area (Å²) in [5.41, 5.74) is 1.64. The van der Waals surface area contributed by atoms with Crippen LogP contribution in [0.3, 0.4) is 0 Å². The molecule has 0 radical (unpaired) electrons. The number of fused-ring (bicyclic) bond motifs is 6. The van der Waals surface area contributed by atoms with Gasteiger partial charge in [0.2, 0.25) is 0 Å². The normalized spacial score (nSPS) is 33.0. The molecule has 0 unspecified atom stereocenters. The summed E-state index contributed by atoms with van der Waals surface area (Å²) in [5.74, 6) is -21.4. The third kappa shape index (κ3) is 24.5. The van der Waals surface area contributed by atoms with Gasteiger partial charge in [0.1, 0.15) is 131 Å². The molecule has 6 saturated heterocycles. The number of nitrogens with zero attached hydrogens (tertiary/aromatic N) is 30. The number of amides is 6. The van der Waals surface area contributed by atoms with E-state index in [0.29, 0.717) is 41.3 Å². The van der Waals surface area contributed by atoms with Crippen molar-refractivity contribution in [2.75, 3.05) is 189 Å². The Balaban J connectivity index is 0.000000195. The molecule has 750 valence electrons. The summed E-state index contributed by atoms with van der Waals surface area (Å²) in [5, 5.41) is -0.127. The molecule has 12 aromatic rings. The van der Waals surface area contributed by atoms with E-state index in [4.69, 9.17) is 118 Å². The maximum Gasteiger partial charge on any atom is 0.302 e. The third-order valence-corrected chi connectivity index (χ3v) is 22.8. The van der Waals surface area contributed by atoms with E-state index in [-0.39, 0.29) is 162 Å². The zero-order valence-electron chi connectivity index (χ0n) is 138. The van der Waals surface area contributed by atoms with Gasteiger partial charge in [-0.3, -0.25) is 28.8 Å². The fourth-order valence-corrected chi connectivity index (χ4v) is 15.5. The van der Waals surface area contributed by atoms with Crippen molar-refractivity contribution < 1.29 is 111 Å². The van der Waals surface area contributed by atoms with Crippen LogP contribution in [0.25, 0.3) is 95.3 Å². The predicted octanol–water partition coefficient (Wildman–Crippen LogP) is 10.8. The average molecular weight is 2000 g/mol. The minimum Gasteiger partial charge on any atom is -0.354 e. The zero-order valence-corrected chi connectivity index (χ0v) is 77.5. The molecule has 0 bridgehead atoms. The Hall–Kier alpha value is -15.7. The second kappa shape index (κ2) is 47.5. The molecule has 6 N–H and O–H groups in total. The van der Waals surface area contributed by atoms with Crippen molar-refractivity contribution in [1.82, 2.24) is 119 Å². The number of aryl methyl sites for hydroxylation is 5. The molecule has 6 fully saturated rings. The van der Waals surface area contributed by atoms with Crippen molar-refractivity contribution in [1.29, 1.82) is 0 Å². The number of anilines is 6. The van der Waals surface area contributed by atoms with E-state index in [1.807, 2.05) is 0 Å². The molecule has 0 aromatic carbocycles. The Kier molecular flexibility index (Phi) is 17.0. The van der Waals surface area contributed by atoms with Crippen molar-refractivity contribution in [2.45, 2.75) is 151 Å². The van der Waals surface area contributed by atoms with Crippen LogP contribution in [0.1, 0.15) is 191 Å². The fraction of sp³-hybridized carbons (Fsp3) is 0.525. The summed E-state index contributed by atoms with van der Waals surface area (Å²) in [6, 6.07) is -12.8. The highest BCUT2D eigenvalue weighted by atomic mass is 16.2. The number of hydrogen-bond acceptors (Lipinski definition) is 24. The van der Waals surface area contributed by atoms with Crippen LogP contribution in [0, 0.1) is 109 Å². The summed E-state index contributed by atoms with van der Waals surface area (Å²) >= 11 is 0. The molecule has 18 heterocycles. The van der Waals surface area contributed by atoms with E-state index in [0.717, 1.165) is 19.6 Å². The summed E-state index contributed by atoms with van der Waals surface area (Å²) in [6.07, 6.45) is -6.52. The van der Waals surface area contributed by atoms with Gasteiger partial charge in [-0.1, -0.05) is 41.3 Å².